The lowest BCUT2D eigenvalue weighted by Gasteiger charge is -2.45. The molecular formula is C18H19NO3. The van der Waals surface area contributed by atoms with Crippen molar-refractivity contribution in [2.24, 2.45) is 34.1 Å². The Hall–Kier alpha value is -1.97. The van der Waals surface area contributed by atoms with Gasteiger partial charge in [-0.1, -0.05) is 19.1 Å². The summed E-state index contributed by atoms with van der Waals surface area (Å²) in [6.45, 7) is 2.24. The van der Waals surface area contributed by atoms with Crippen LogP contribution < -0.4 is 0 Å². The minimum atomic E-state index is -0.654. The van der Waals surface area contributed by atoms with E-state index >= 15 is 0 Å². The first-order chi connectivity index (χ1) is 10.6. The molecule has 0 saturated heterocycles. The van der Waals surface area contributed by atoms with Crippen LogP contribution in [0.4, 0.5) is 0 Å². The summed E-state index contributed by atoms with van der Waals surface area (Å²) < 4.78 is 5.46. The number of nitrogens with zero attached hydrogens (tertiary/aromatic N) is 1. The third-order valence-electron chi connectivity index (χ3n) is 5.77. The summed E-state index contributed by atoms with van der Waals surface area (Å²) in [5, 5.41) is 0. The molecule has 1 heterocycles. The van der Waals surface area contributed by atoms with Crippen molar-refractivity contribution in [1.82, 2.24) is 0 Å². The molecule has 22 heavy (non-hydrogen) atoms. The molecule has 2 fully saturated rings. The fourth-order valence-electron chi connectivity index (χ4n) is 4.65. The molecule has 0 aromatic heterocycles. The van der Waals surface area contributed by atoms with Crippen molar-refractivity contribution in [3.05, 3.63) is 36.3 Å². The second kappa shape index (κ2) is 4.51. The van der Waals surface area contributed by atoms with E-state index in [2.05, 4.69) is 11.9 Å². The van der Waals surface area contributed by atoms with Crippen LogP contribution in [0, 0.1) is 29.1 Å². The monoisotopic (exact) mass is 297 g/mol. The van der Waals surface area contributed by atoms with Crippen LogP contribution in [0.1, 0.15) is 19.8 Å². The summed E-state index contributed by atoms with van der Waals surface area (Å²) in [4.78, 5) is 29.3. The Kier molecular flexibility index (Phi) is 2.80. The second-order valence-corrected chi connectivity index (χ2v) is 6.88. The first kappa shape index (κ1) is 13.7. The molecule has 114 valence electrons. The molecule has 1 spiro atoms. The van der Waals surface area contributed by atoms with Crippen molar-refractivity contribution >= 4 is 17.3 Å². The number of carbonyl (C=O) groups is 2. The number of ketones is 2. The molecule has 2 saturated carbocycles. The van der Waals surface area contributed by atoms with Crippen molar-refractivity contribution in [1.29, 1.82) is 0 Å². The molecule has 4 aliphatic rings. The zero-order chi connectivity index (χ0) is 15.5. The van der Waals surface area contributed by atoms with Gasteiger partial charge in [-0.05, 0) is 36.8 Å². The summed E-state index contributed by atoms with van der Waals surface area (Å²) in [7, 11) is 1.60. The Morgan fingerprint density at radius 1 is 1.27 bits per heavy atom. The molecule has 0 N–H and O–H groups in total. The Bertz CT molecular complexity index is 666. The summed E-state index contributed by atoms with van der Waals surface area (Å²) in [5.74, 6) is 1.58. The highest BCUT2D eigenvalue weighted by atomic mass is 16.5. The van der Waals surface area contributed by atoms with Crippen molar-refractivity contribution in [2.45, 2.75) is 19.8 Å². The molecule has 3 aliphatic carbocycles. The maximum atomic E-state index is 13.2. The lowest BCUT2D eigenvalue weighted by atomic mass is 9.57. The van der Waals surface area contributed by atoms with Crippen LogP contribution in [0.5, 0.6) is 0 Å². The first-order valence-electron chi connectivity index (χ1n) is 7.83. The molecule has 4 unspecified atom stereocenters. The van der Waals surface area contributed by atoms with Crippen LogP contribution in [0.15, 0.2) is 41.3 Å². The minimum Gasteiger partial charge on any atom is -0.499 e. The molecular weight excluding hydrogens is 278 g/mol. The van der Waals surface area contributed by atoms with E-state index in [0.717, 1.165) is 18.6 Å². The predicted molar refractivity (Wildman–Crippen MR) is 82.1 cm³/mol. The topological polar surface area (TPSA) is 55.7 Å². The highest BCUT2D eigenvalue weighted by molar-refractivity contribution is 6.06. The summed E-state index contributed by atoms with van der Waals surface area (Å²) in [6.07, 6.45) is 10.1. The minimum absolute atomic E-state index is 0.0478. The van der Waals surface area contributed by atoms with E-state index in [-0.39, 0.29) is 23.4 Å². The smallest absolute Gasteiger partial charge is 0.178 e. The predicted octanol–water partition coefficient (Wildman–Crippen LogP) is 2.47. The SMILES string of the molecule is COC1=CN=C2CC(C)C3CC4(C=CC(=O)C=C4)C(=O)C1C23. The molecule has 0 aromatic rings. The number of aliphatic imine (C=N–C) groups is 1. The molecule has 0 aromatic carbocycles. The van der Waals surface area contributed by atoms with Gasteiger partial charge in [0.25, 0.3) is 0 Å². The van der Waals surface area contributed by atoms with Gasteiger partial charge in [0.05, 0.1) is 24.6 Å². The summed E-state index contributed by atoms with van der Waals surface area (Å²) >= 11 is 0. The molecule has 1 aliphatic heterocycles. The van der Waals surface area contributed by atoms with E-state index in [1.165, 1.54) is 12.2 Å². The molecule has 0 radical (unpaired) electrons. The largest absolute Gasteiger partial charge is 0.499 e. The van der Waals surface area contributed by atoms with Gasteiger partial charge >= 0.3 is 0 Å². The first-order valence-corrected chi connectivity index (χ1v) is 7.83. The van der Waals surface area contributed by atoms with Crippen molar-refractivity contribution in [3.63, 3.8) is 0 Å². The van der Waals surface area contributed by atoms with Gasteiger partial charge < -0.3 is 4.74 Å². The maximum absolute atomic E-state index is 13.2. The highest BCUT2D eigenvalue weighted by Gasteiger charge is 2.58. The number of rotatable bonds is 1. The van der Waals surface area contributed by atoms with Gasteiger partial charge in [-0.15, -0.1) is 0 Å². The standard InChI is InChI=1S/C18H19NO3/c1-10-7-13-15-12(10)8-18(5-3-11(20)4-6-18)17(21)16(15)14(22-2)9-19-13/h3-6,9-10,12,15-16H,7-8H2,1-2H3. The quantitative estimate of drug-likeness (QED) is 0.747. The van der Waals surface area contributed by atoms with E-state index in [9.17, 15) is 9.59 Å². The van der Waals surface area contributed by atoms with Crippen LogP contribution in [0.25, 0.3) is 0 Å². The van der Waals surface area contributed by atoms with Crippen molar-refractivity contribution in [2.75, 3.05) is 7.11 Å². The number of ether oxygens (including phenoxy) is 1. The van der Waals surface area contributed by atoms with Gasteiger partial charge in [-0.2, -0.15) is 0 Å². The number of hydrogen-bond acceptors (Lipinski definition) is 4. The van der Waals surface area contributed by atoms with Gasteiger partial charge in [0, 0.05) is 11.6 Å². The van der Waals surface area contributed by atoms with Crippen LogP contribution >= 0.6 is 0 Å². The van der Waals surface area contributed by atoms with Gasteiger partial charge in [-0.25, -0.2) is 0 Å². The average molecular weight is 297 g/mol. The van der Waals surface area contributed by atoms with E-state index in [1.54, 1.807) is 25.5 Å². The Labute approximate surface area is 129 Å². The van der Waals surface area contributed by atoms with Crippen LogP contribution in [0.2, 0.25) is 0 Å². The zero-order valence-electron chi connectivity index (χ0n) is 12.8. The molecule has 4 rings (SSSR count). The Morgan fingerprint density at radius 2 is 2.00 bits per heavy atom. The summed E-state index contributed by atoms with van der Waals surface area (Å²) in [6, 6.07) is 0. The number of Topliss-reactive ketones (excluding diaryl/α,β-unsaturated/α-hetero) is 1. The second-order valence-electron chi connectivity index (χ2n) is 6.88. The lowest BCUT2D eigenvalue weighted by molar-refractivity contribution is -0.134. The normalized spacial score (nSPS) is 37.9. The van der Waals surface area contributed by atoms with Crippen LogP contribution in [-0.4, -0.2) is 24.4 Å². The average Bonchev–Trinajstić information content (AvgIpc) is 2.83. The Balaban J connectivity index is 1.83. The lowest BCUT2D eigenvalue weighted by Crippen LogP contribution is -2.49. The fraction of sp³-hybridized carbons (Fsp3) is 0.500. The maximum Gasteiger partial charge on any atom is 0.178 e. The van der Waals surface area contributed by atoms with E-state index in [4.69, 9.17) is 4.74 Å². The molecule has 0 bridgehead atoms. The zero-order valence-corrected chi connectivity index (χ0v) is 12.8. The molecule has 4 heteroatoms. The number of methoxy groups -OCH3 is 1. The third-order valence-corrected chi connectivity index (χ3v) is 5.77. The van der Waals surface area contributed by atoms with Crippen LogP contribution in [-0.2, 0) is 14.3 Å². The van der Waals surface area contributed by atoms with Gasteiger partial charge in [0.1, 0.15) is 5.76 Å². The third kappa shape index (κ3) is 1.67. The van der Waals surface area contributed by atoms with E-state index in [0.29, 0.717) is 17.6 Å². The molecule has 4 atom stereocenters. The van der Waals surface area contributed by atoms with Crippen molar-refractivity contribution in [3.8, 4) is 0 Å². The Morgan fingerprint density at radius 3 is 2.68 bits per heavy atom. The summed E-state index contributed by atoms with van der Waals surface area (Å²) in [5.41, 5.74) is 0.490. The van der Waals surface area contributed by atoms with Gasteiger partial charge in [0.2, 0.25) is 0 Å². The number of hydrogen-bond donors (Lipinski definition) is 0. The molecule has 0 amide bonds. The van der Waals surface area contributed by atoms with E-state index in [1.807, 2.05) is 0 Å². The fourth-order valence-corrected chi connectivity index (χ4v) is 4.65. The number of carbonyl (C=O) groups excluding carboxylic acids is 2. The highest BCUT2D eigenvalue weighted by Crippen LogP contribution is 2.56. The van der Waals surface area contributed by atoms with Gasteiger partial charge in [0.15, 0.2) is 11.6 Å². The molecule has 4 nitrogen and oxygen atoms in total. The van der Waals surface area contributed by atoms with Crippen molar-refractivity contribution < 1.29 is 14.3 Å². The van der Waals surface area contributed by atoms with E-state index < -0.39 is 5.41 Å². The number of allylic oxidation sites excluding steroid dienone is 5. The van der Waals surface area contributed by atoms with Crippen LogP contribution in [0.3, 0.4) is 0 Å². The van der Waals surface area contributed by atoms with Gasteiger partial charge in [-0.3, -0.25) is 14.6 Å².